The second kappa shape index (κ2) is 5.25. The van der Waals surface area contributed by atoms with Gasteiger partial charge in [-0.05, 0) is 48.4 Å². The van der Waals surface area contributed by atoms with E-state index in [1.165, 1.54) is 0 Å². The van der Waals surface area contributed by atoms with Crippen molar-refractivity contribution in [3.8, 4) is 0 Å². The van der Waals surface area contributed by atoms with E-state index < -0.39 is 0 Å². The van der Waals surface area contributed by atoms with E-state index in [1.54, 1.807) is 18.5 Å². The van der Waals surface area contributed by atoms with E-state index in [4.69, 9.17) is 21.9 Å². The fraction of sp³-hybridized carbons (Fsp3) is 0.133. The molecule has 20 heavy (non-hydrogen) atoms. The predicted molar refractivity (Wildman–Crippen MR) is 79.4 cm³/mol. The predicted octanol–water partition coefficient (Wildman–Crippen LogP) is 3.34. The summed E-state index contributed by atoms with van der Waals surface area (Å²) in [6.07, 6.45) is 3.55. The molecule has 2 heterocycles. The third kappa shape index (κ3) is 2.29. The van der Waals surface area contributed by atoms with E-state index >= 15 is 0 Å². The lowest BCUT2D eigenvalue weighted by Crippen LogP contribution is -2.29. The van der Waals surface area contributed by atoms with Crippen molar-refractivity contribution in [1.29, 1.82) is 0 Å². The summed E-state index contributed by atoms with van der Waals surface area (Å²) < 4.78 is 5.86. The molecule has 3 N–H and O–H groups in total. The van der Waals surface area contributed by atoms with Gasteiger partial charge < -0.3 is 4.42 Å². The maximum absolute atomic E-state index is 5.99. The zero-order chi connectivity index (χ0) is 14.1. The first-order valence-corrected chi connectivity index (χ1v) is 6.62. The quantitative estimate of drug-likeness (QED) is 0.573. The van der Waals surface area contributed by atoms with Crippen molar-refractivity contribution in [3.05, 3.63) is 64.6 Å². The molecule has 102 valence electrons. The maximum Gasteiger partial charge on any atom is 0.134 e. The summed E-state index contributed by atoms with van der Waals surface area (Å²) in [5, 5.41) is 1.64. The molecule has 0 aliphatic rings. The summed E-state index contributed by atoms with van der Waals surface area (Å²) in [5.41, 5.74) is 5.67. The van der Waals surface area contributed by atoms with Crippen LogP contribution in [0.5, 0.6) is 0 Å². The number of hydrogen-bond donors (Lipinski definition) is 2. The molecule has 3 rings (SSSR count). The van der Waals surface area contributed by atoms with Crippen LogP contribution in [-0.2, 0) is 0 Å². The van der Waals surface area contributed by atoms with Crippen LogP contribution in [0.25, 0.3) is 11.0 Å². The van der Waals surface area contributed by atoms with Gasteiger partial charge in [-0.25, -0.2) is 5.43 Å². The molecule has 0 radical (unpaired) electrons. The van der Waals surface area contributed by atoms with Crippen molar-refractivity contribution in [1.82, 2.24) is 10.4 Å². The first-order chi connectivity index (χ1) is 9.69. The smallest absolute Gasteiger partial charge is 0.134 e. The molecule has 1 atom stereocenters. The number of pyridine rings is 1. The zero-order valence-corrected chi connectivity index (χ0v) is 11.7. The third-order valence-electron chi connectivity index (χ3n) is 3.32. The lowest BCUT2D eigenvalue weighted by Gasteiger charge is -2.15. The Bertz CT molecular complexity index is 754. The molecule has 2 aromatic heterocycles. The van der Waals surface area contributed by atoms with Crippen LogP contribution in [0.4, 0.5) is 0 Å². The first-order valence-electron chi connectivity index (χ1n) is 6.24. The Hall–Kier alpha value is -1.88. The van der Waals surface area contributed by atoms with Crippen molar-refractivity contribution in [2.24, 2.45) is 5.84 Å². The van der Waals surface area contributed by atoms with E-state index in [-0.39, 0.29) is 6.04 Å². The van der Waals surface area contributed by atoms with Crippen LogP contribution in [0, 0.1) is 6.92 Å². The molecule has 4 nitrogen and oxygen atoms in total. The van der Waals surface area contributed by atoms with Gasteiger partial charge >= 0.3 is 0 Å². The summed E-state index contributed by atoms with van der Waals surface area (Å²) in [5.74, 6) is 6.45. The molecule has 0 saturated carbocycles. The monoisotopic (exact) mass is 287 g/mol. The molecule has 0 fully saturated rings. The Morgan fingerprint density at radius 3 is 2.90 bits per heavy atom. The molecule has 3 aromatic rings. The second-order valence-corrected chi connectivity index (χ2v) is 5.10. The number of aryl methyl sites for hydroxylation is 1. The number of aromatic nitrogens is 1. The normalized spacial score (nSPS) is 12.8. The standard InChI is InChI=1S/C15H14ClN3O/c1-9-8-18-5-4-12(9)15(19-17)14-7-10-6-11(16)2-3-13(10)20-14/h2-8,15,19H,17H2,1H3. The highest BCUT2D eigenvalue weighted by Crippen LogP contribution is 2.30. The van der Waals surface area contributed by atoms with Crippen molar-refractivity contribution in [3.63, 3.8) is 0 Å². The van der Waals surface area contributed by atoms with Gasteiger partial charge in [0.1, 0.15) is 17.4 Å². The van der Waals surface area contributed by atoms with Crippen LogP contribution in [0.1, 0.15) is 22.9 Å². The number of benzene rings is 1. The van der Waals surface area contributed by atoms with Crippen LogP contribution in [0.15, 0.2) is 47.1 Å². The first kappa shape index (κ1) is 13.1. The molecule has 0 bridgehead atoms. The lowest BCUT2D eigenvalue weighted by molar-refractivity contribution is 0.476. The average Bonchev–Trinajstić information content (AvgIpc) is 2.84. The molecule has 0 spiro atoms. The van der Waals surface area contributed by atoms with E-state index in [0.717, 1.165) is 27.9 Å². The number of nitrogens with zero attached hydrogens (tertiary/aromatic N) is 1. The van der Waals surface area contributed by atoms with Crippen LogP contribution in [-0.4, -0.2) is 4.98 Å². The number of hydrazine groups is 1. The molecule has 1 unspecified atom stereocenters. The minimum atomic E-state index is -0.218. The van der Waals surface area contributed by atoms with Crippen LogP contribution in [0.2, 0.25) is 5.02 Å². The van der Waals surface area contributed by atoms with E-state index in [0.29, 0.717) is 5.02 Å². The largest absolute Gasteiger partial charge is 0.459 e. The van der Waals surface area contributed by atoms with Gasteiger partial charge in [0.2, 0.25) is 0 Å². The summed E-state index contributed by atoms with van der Waals surface area (Å²) in [7, 11) is 0. The van der Waals surface area contributed by atoms with Gasteiger partial charge in [0.25, 0.3) is 0 Å². The van der Waals surface area contributed by atoms with E-state index in [1.807, 2.05) is 31.2 Å². The Kier molecular flexibility index (Phi) is 3.44. The van der Waals surface area contributed by atoms with Crippen molar-refractivity contribution < 1.29 is 4.42 Å². The molecular formula is C15H14ClN3O. The van der Waals surface area contributed by atoms with Crippen molar-refractivity contribution in [2.75, 3.05) is 0 Å². The van der Waals surface area contributed by atoms with Gasteiger partial charge in [-0.3, -0.25) is 10.8 Å². The Morgan fingerprint density at radius 1 is 1.30 bits per heavy atom. The number of nitrogens with one attached hydrogen (secondary N) is 1. The topological polar surface area (TPSA) is 64.1 Å². The van der Waals surface area contributed by atoms with Crippen molar-refractivity contribution >= 4 is 22.6 Å². The highest BCUT2D eigenvalue weighted by atomic mass is 35.5. The van der Waals surface area contributed by atoms with Crippen molar-refractivity contribution in [2.45, 2.75) is 13.0 Å². The van der Waals surface area contributed by atoms with Gasteiger partial charge in [-0.15, -0.1) is 0 Å². The van der Waals surface area contributed by atoms with Gasteiger partial charge in [0, 0.05) is 22.8 Å². The van der Waals surface area contributed by atoms with E-state index in [9.17, 15) is 0 Å². The lowest BCUT2D eigenvalue weighted by atomic mass is 10.0. The van der Waals surface area contributed by atoms with Gasteiger partial charge in [0.05, 0.1) is 0 Å². The Morgan fingerprint density at radius 2 is 2.15 bits per heavy atom. The molecule has 0 aliphatic carbocycles. The minimum absolute atomic E-state index is 0.218. The van der Waals surface area contributed by atoms with Gasteiger partial charge in [-0.2, -0.15) is 0 Å². The number of nitrogens with two attached hydrogens (primary N) is 1. The molecular weight excluding hydrogens is 274 g/mol. The number of hydrogen-bond acceptors (Lipinski definition) is 4. The maximum atomic E-state index is 5.99. The minimum Gasteiger partial charge on any atom is -0.459 e. The highest BCUT2D eigenvalue weighted by Gasteiger charge is 2.19. The number of halogens is 1. The molecule has 0 aliphatic heterocycles. The summed E-state index contributed by atoms with van der Waals surface area (Å²) in [4.78, 5) is 4.09. The number of fused-ring (bicyclic) bond motifs is 1. The molecule has 5 heteroatoms. The van der Waals surface area contributed by atoms with Crippen LogP contribution in [0.3, 0.4) is 0 Å². The van der Waals surface area contributed by atoms with Crippen LogP contribution >= 0.6 is 11.6 Å². The Balaban J connectivity index is 2.10. The SMILES string of the molecule is Cc1cnccc1C(NN)c1cc2cc(Cl)ccc2o1. The molecule has 1 aromatic carbocycles. The number of rotatable bonds is 3. The fourth-order valence-electron chi connectivity index (χ4n) is 2.31. The summed E-state index contributed by atoms with van der Waals surface area (Å²) in [6.45, 7) is 1.99. The Labute approximate surface area is 121 Å². The average molecular weight is 288 g/mol. The van der Waals surface area contributed by atoms with Crippen LogP contribution < -0.4 is 11.3 Å². The highest BCUT2D eigenvalue weighted by molar-refractivity contribution is 6.31. The number of furan rings is 1. The summed E-state index contributed by atoms with van der Waals surface area (Å²) in [6, 6.07) is 9.19. The molecule has 0 amide bonds. The fourth-order valence-corrected chi connectivity index (χ4v) is 2.49. The molecule has 0 saturated heterocycles. The van der Waals surface area contributed by atoms with Gasteiger partial charge in [-0.1, -0.05) is 11.6 Å². The second-order valence-electron chi connectivity index (χ2n) is 4.66. The summed E-state index contributed by atoms with van der Waals surface area (Å²) >= 11 is 5.99. The van der Waals surface area contributed by atoms with E-state index in [2.05, 4.69) is 10.4 Å². The zero-order valence-electron chi connectivity index (χ0n) is 10.9. The third-order valence-corrected chi connectivity index (χ3v) is 3.56. The van der Waals surface area contributed by atoms with Gasteiger partial charge in [0.15, 0.2) is 0 Å².